The second kappa shape index (κ2) is 5.20. The normalized spacial score (nSPS) is 13.1. The molecule has 3 rings (SSSR count). The number of nitrogens with zero attached hydrogens (tertiary/aromatic N) is 2. The lowest BCUT2D eigenvalue weighted by atomic mass is 10.2. The van der Waals surface area contributed by atoms with Gasteiger partial charge in [0, 0.05) is 6.92 Å². The van der Waals surface area contributed by atoms with Gasteiger partial charge in [-0.2, -0.15) is 4.90 Å². The van der Waals surface area contributed by atoms with Gasteiger partial charge in [0.25, 0.3) is 0 Å². The van der Waals surface area contributed by atoms with Crippen molar-refractivity contribution in [2.24, 2.45) is 0 Å². The average molecular weight is 325 g/mol. The van der Waals surface area contributed by atoms with Crippen molar-refractivity contribution in [3.63, 3.8) is 0 Å². The van der Waals surface area contributed by atoms with Gasteiger partial charge in [0.05, 0.1) is 4.88 Å². The van der Waals surface area contributed by atoms with Crippen LogP contribution < -0.4 is 26.4 Å². The lowest BCUT2D eigenvalue weighted by Gasteiger charge is -2.00. The zero-order valence-corrected chi connectivity index (χ0v) is 12.4. The molecule has 18 heavy (non-hydrogen) atoms. The van der Waals surface area contributed by atoms with Crippen molar-refractivity contribution >= 4 is 22.4 Å². The molecule has 1 aliphatic heterocycles. The number of carbonyl (C=O) groups excluding carboxylic acids is 1. The molecule has 0 unspecified atom stereocenters. The maximum absolute atomic E-state index is 11.5. The Balaban J connectivity index is 0.00000120. The van der Waals surface area contributed by atoms with Crippen molar-refractivity contribution in [3.05, 3.63) is 36.5 Å². The van der Waals surface area contributed by atoms with Gasteiger partial charge in [-0.05, 0) is 16.9 Å². The molecule has 0 atom stereocenters. The van der Waals surface area contributed by atoms with Crippen molar-refractivity contribution in [1.82, 2.24) is 0 Å². The number of amides is 1. The highest BCUT2D eigenvalue weighted by atomic mass is 79.9. The van der Waals surface area contributed by atoms with Crippen LogP contribution in [0.25, 0.3) is 10.4 Å². The molecular formula is C13H13BrN2OS. The molecule has 1 aromatic heterocycles. The summed E-state index contributed by atoms with van der Waals surface area (Å²) in [5, 5.41) is 1.05. The lowest BCUT2D eigenvalue weighted by Crippen LogP contribution is -3.00. The largest absolute Gasteiger partial charge is 1.00 e. The minimum Gasteiger partial charge on any atom is -1.00 e. The van der Waals surface area contributed by atoms with Crippen LogP contribution in [0.5, 0.6) is 0 Å². The molecule has 0 spiro atoms. The number of halogens is 1. The average Bonchev–Trinajstić information content (AvgIpc) is 2.88. The Morgan fingerprint density at radius 3 is 2.72 bits per heavy atom. The van der Waals surface area contributed by atoms with Crippen LogP contribution in [0, 0.1) is 0 Å². The van der Waals surface area contributed by atoms with Crippen LogP contribution in [-0.4, -0.2) is 12.5 Å². The number of carbonyl (C=O) groups is 1. The fraction of sp³-hybridized carbons (Fsp3) is 0.231. The molecule has 0 saturated heterocycles. The SMILES string of the molecule is CC(=O)N1CC[n+]2cc(-c3ccccc3)sc21.[Br-]. The molecule has 0 fully saturated rings. The monoisotopic (exact) mass is 324 g/mol. The van der Waals surface area contributed by atoms with E-state index in [1.165, 1.54) is 10.4 Å². The zero-order chi connectivity index (χ0) is 11.8. The molecule has 0 radical (unpaired) electrons. The fourth-order valence-corrected chi connectivity index (χ4v) is 3.30. The minimum atomic E-state index is 0. The quantitative estimate of drug-likeness (QED) is 0.622. The van der Waals surface area contributed by atoms with Crippen LogP contribution in [0.3, 0.4) is 0 Å². The van der Waals surface area contributed by atoms with Crippen LogP contribution in [0.4, 0.5) is 5.13 Å². The Morgan fingerprint density at radius 2 is 2.06 bits per heavy atom. The van der Waals surface area contributed by atoms with Crippen molar-refractivity contribution in [3.8, 4) is 10.4 Å². The van der Waals surface area contributed by atoms with Crippen LogP contribution in [0.2, 0.25) is 0 Å². The fourth-order valence-electron chi connectivity index (χ4n) is 2.08. The van der Waals surface area contributed by atoms with Gasteiger partial charge in [0.2, 0.25) is 0 Å². The highest BCUT2D eigenvalue weighted by molar-refractivity contribution is 7.18. The summed E-state index contributed by atoms with van der Waals surface area (Å²) >= 11 is 1.68. The third kappa shape index (κ3) is 2.20. The standard InChI is InChI=1S/C13H13N2OS.BrH/c1-10(16)15-8-7-14-9-12(17-13(14)15)11-5-3-2-4-6-11;/h2-6,9H,7-8H2,1H3;1H/q+1;/p-1. The minimum absolute atomic E-state index is 0. The Bertz CT molecular complexity index is 568. The molecule has 1 amide bonds. The summed E-state index contributed by atoms with van der Waals surface area (Å²) in [4.78, 5) is 14.5. The summed E-state index contributed by atoms with van der Waals surface area (Å²) in [5.74, 6) is 0.123. The van der Waals surface area contributed by atoms with Gasteiger partial charge in [-0.25, -0.2) is 9.36 Å². The van der Waals surface area contributed by atoms with Crippen LogP contribution in [0.15, 0.2) is 36.5 Å². The number of aromatic nitrogens is 1. The molecule has 1 aromatic carbocycles. The van der Waals surface area contributed by atoms with Crippen LogP contribution in [0.1, 0.15) is 6.92 Å². The van der Waals surface area contributed by atoms with Gasteiger partial charge in [-0.1, -0.05) is 30.3 Å². The molecule has 2 aromatic rings. The highest BCUT2D eigenvalue weighted by Gasteiger charge is 2.33. The molecule has 5 heteroatoms. The first-order valence-electron chi connectivity index (χ1n) is 5.62. The molecule has 0 aliphatic carbocycles. The number of benzene rings is 1. The second-order valence-corrected chi connectivity index (χ2v) is 5.12. The molecule has 3 nitrogen and oxygen atoms in total. The van der Waals surface area contributed by atoms with Gasteiger partial charge in [-0.3, -0.25) is 0 Å². The Labute approximate surface area is 120 Å². The molecule has 2 heterocycles. The van der Waals surface area contributed by atoms with Crippen molar-refractivity contribution < 1.29 is 26.3 Å². The number of fused-ring (bicyclic) bond motifs is 1. The van der Waals surface area contributed by atoms with Gasteiger partial charge >= 0.3 is 11.0 Å². The summed E-state index contributed by atoms with van der Waals surface area (Å²) in [5.41, 5.74) is 1.21. The predicted octanol–water partition coefficient (Wildman–Crippen LogP) is -0.927. The topological polar surface area (TPSA) is 24.2 Å². The number of hydrogen-bond donors (Lipinski definition) is 0. The lowest BCUT2D eigenvalue weighted by molar-refractivity contribution is -0.666. The van der Waals surface area contributed by atoms with E-state index in [-0.39, 0.29) is 22.9 Å². The van der Waals surface area contributed by atoms with E-state index in [2.05, 4.69) is 22.9 Å². The van der Waals surface area contributed by atoms with E-state index in [0.717, 1.165) is 18.2 Å². The molecular weight excluding hydrogens is 312 g/mol. The summed E-state index contributed by atoms with van der Waals surface area (Å²) in [6, 6.07) is 10.3. The van der Waals surface area contributed by atoms with Crippen molar-refractivity contribution in [2.75, 3.05) is 11.4 Å². The zero-order valence-electron chi connectivity index (χ0n) is 9.97. The molecule has 0 N–H and O–H groups in total. The van der Waals surface area contributed by atoms with Crippen LogP contribution in [-0.2, 0) is 11.3 Å². The Hall–Kier alpha value is -1.20. The number of hydrogen-bond acceptors (Lipinski definition) is 2. The predicted molar refractivity (Wildman–Crippen MR) is 68.0 cm³/mol. The van der Waals surface area contributed by atoms with Gasteiger partial charge in [0.1, 0.15) is 19.3 Å². The van der Waals surface area contributed by atoms with E-state index in [0.29, 0.717) is 0 Å². The van der Waals surface area contributed by atoms with E-state index < -0.39 is 0 Å². The molecule has 94 valence electrons. The smallest absolute Gasteiger partial charge is 0.344 e. The summed E-state index contributed by atoms with van der Waals surface area (Å²) in [6.07, 6.45) is 2.14. The first kappa shape index (κ1) is 13.2. The van der Waals surface area contributed by atoms with E-state index in [1.54, 1.807) is 18.3 Å². The first-order chi connectivity index (χ1) is 8.25. The Morgan fingerprint density at radius 1 is 1.33 bits per heavy atom. The van der Waals surface area contributed by atoms with Gasteiger partial charge < -0.3 is 17.0 Å². The van der Waals surface area contributed by atoms with E-state index in [4.69, 9.17) is 0 Å². The maximum atomic E-state index is 11.5. The van der Waals surface area contributed by atoms with Gasteiger partial charge in [-0.15, -0.1) is 0 Å². The first-order valence-corrected chi connectivity index (χ1v) is 6.44. The number of anilines is 1. The molecule has 1 aliphatic rings. The number of rotatable bonds is 1. The van der Waals surface area contributed by atoms with E-state index in [1.807, 2.05) is 23.1 Å². The van der Waals surface area contributed by atoms with Crippen molar-refractivity contribution in [1.29, 1.82) is 0 Å². The molecule has 0 saturated carbocycles. The third-order valence-electron chi connectivity index (χ3n) is 2.95. The second-order valence-electron chi connectivity index (χ2n) is 4.11. The Kier molecular flexibility index (Phi) is 3.82. The summed E-state index contributed by atoms with van der Waals surface area (Å²) in [6.45, 7) is 3.33. The summed E-state index contributed by atoms with van der Waals surface area (Å²) < 4.78 is 2.16. The van der Waals surface area contributed by atoms with E-state index >= 15 is 0 Å². The molecule has 0 bridgehead atoms. The van der Waals surface area contributed by atoms with Crippen molar-refractivity contribution in [2.45, 2.75) is 13.5 Å². The summed E-state index contributed by atoms with van der Waals surface area (Å²) in [7, 11) is 0. The van der Waals surface area contributed by atoms with Crippen LogP contribution >= 0.6 is 11.3 Å². The third-order valence-corrected chi connectivity index (χ3v) is 4.15. The van der Waals surface area contributed by atoms with E-state index in [9.17, 15) is 4.79 Å². The maximum Gasteiger partial charge on any atom is 0.344 e. The number of thiazole rings is 1. The highest BCUT2D eigenvalue weighted by Crippen LogP contribution is 2.31. The van der Waals surface area contributed by atoms with Gasteiger partial charge in [0.15, 0.2) is 0 Å².